The highest BCUT2D eigenvalue weighted by atomic mass is 35.5. The molecule has 5 heteroatoms. The molecule has 17 heavy (non-hydrogen) atoms. The van der Waals surface area contributed by atoms with E-state index in [9.17, 15) is 9.90 Å². The van der Waals surface area contributed by atoms with E-state index in [1.165, 1.54) is 6.07 Å². The normalized spacial score (nSPS) is 16.8. The van der Waals surface area contributed by atoms with Crippen molar-refractivity contribution in [2.45, 2.75) is 12.8 Å². The van der Waals surface area contributed by atoms with E-state index in [1.807, 2.05) is 0 Å². The number of phenols is 1. The largest absolute Gasteiger partial charge is 0.506 e. The van der Waals surface area contributed by atoms with Gasteiger partial charge in [-0.2, -0.15) is 0 Å². The Morgan fingerprint density at radius 3 is 2.82 bits per heavy atom. The van der Waals surface area contributed by atoms with Crippen LogP contribution in [0.1, 0.15) is 12.8 Å². The van der Waals surface area contributed by atoms with Crippen LogP contribution in [0.15, 0.2) is 18.2 Å². The van der Waals surface area contributed by atoms with Gasteiger partial charge in [0.1, 0.15) is 5.75 Å². The van der Waals surface area contributed by atoms with Crippen molar-refractivity contribution in [3.8, 4) is 5.75 Å². The number of nitrogens with one attached hydrogen (secondary N) is 2. The molecule has 1 saturated heterocycles. The summed E-state index contributed by atoms with van der Waals surface area (Å²) in [4.78, 5) is 11.9. The smallest absolute Gasteiger partial charge is 0.227 e. The fourth-order valence-corrected chi connectivity index (χ4v) is 2.10. The lowest BCUT2D eigenvalue weighted by Crippen LogP contribution is -2.34. The number of benzene rings is 1. The zero-order valence-corrected chi connectivity index (χ0v) is 10.1. The minimum absolute atomic E-state index is 0.00892. The maximum Gasteiger partial charge on any atom is 0.227 e. The van der Waals surface area contributed by atoms with E-state index in [0.29, 0.717) is 10.7 Å². The Kier molecular flexibility index (Phi) is 3.86. The van der Waals surface area contributed by atoms with Crippen LogP contribution in [0.5, 0.6) is 5.75 Å². The predicted molar refractivity (Wildman–Crippen MR) is 67.3 cm³/mol. The van der Waals surface area contributed by atoms with Crippen LogP contribution < -0.4 is 10.6 Å². The van der Waals surface area contributed by atoms with Gasteiger partial charge in [0.2, 0.25) is 5.91 Å². The van der Waals surface area contributed by atoms with Gasteiger partial charge in [-0.25, -0.2) is 0 Å². The van der Waals surface area contributed by atoms with Crippen LogP contribution in [0.4, 0.5) is 5.69 Å². The fraction of sp³-hybridized carbons (Fsp3) is 0.417. The molecule has 92 valence electrons. The number of halogens is 1. The predicted octanol–water partition coefficient (Wildman–Crippen LogP) is 1.98. The summed E-state index contributed by atoms with van der Waals surface area (Å²) in [5.41, 5.74) is 0.376. The number of amides is 1. The second-order valence-corrected chi connectivity index (χ2v) is 4.61. The molecule has 1 aliphatic heterocycles. The van der Waals surface area contributed by atoms with Crippen molar-refractivity contribution < 1.29 is 9.90 Å². The first-order valence-corrected chi connectivity index (χ1v) is 6.04. The van der Waals surface area contributed by atoms with Crippen LogP contribution in [-0.2, 0) is 4.79 Å². The summed E-state index contributed by atoms with van der Waals surface area (Å²) < 4.78 is 0. The summed E-state index contributed by atoms with van der Waals surface area (Å²) in [6.07, 6.45) is 1.65. The monoisotopic (exact) mass is 254 g/mol. The zero-order chi connectivity index (χ0) is 12.3. The van der Waals surface area contributed by atoms with Crippen molar-refractivity contribution in [2.75, 3.05) is 18.4 Å². The van der Waals surface area contributed by atoms with Crippen molar-refractivity contribution in [3.63, 3.8) is 0 Å². The summed E-state index contributed by atoms with van der Waals surface area (Å²) in [6, 6.07) is 4.60. The van der Waals surface area contributed by atoms with Crippen LogP contribution in [0, 0.1) is 5.92 Å². The molecule has 1 aliphatic rings. The second-order valence-electron chi connectivity index (χ2n) is 4.17. The maximum atomic E-state index is 11.9. The van der Waals surface area contributed by atoms with E-state index in [-0.39, 0.29) is 17.6 Å². The second kappa shape index (κ2) is 5.38. The van der Waals surface area contributed by atoms with Crippen LogP contribution in [0.25, 0.3) is 0 Å². The molecule has 0 radical (unpaired) electrons. The highest BCUT2D eigenvalue weighted by Crippen LogP contribution is 2.27. The first-order chi connectivity index (χ1) is 8.16. The molecule has 3 N–H and O–H groups in total. The first kappa shape index (κ1) is 12.2. The molecular formula is C12H15ClN2O2. The molecule has 2 rings (SSSR count). The van der Waals surface area contributed by atoms with Crippen LogP contribution in [0.2, 0.25) is 5.02 Å². The molecule has 1 aromatic carbocycles. The maximum absolute atomic E-state index is 11.9. The lowest BCUT2D eigenvalue weighted by molar-refractivity contribution is -0.120. The number of anilines is 1. The number of piperidine rings is 1. The Morgan fingerprint density at radius 1 is 1.41 bits per heavy atom. The number of carbonyl (C=O) groups excluding carboxylic acids is 1. The van der Waals surface area contributed by atoms with Crippen molar-refractivity contribution in [1.29, 1.82) is 0 Å². The first-order valence-electron chi connectivity index (χ1n) is 5.67. The minimum atomic E-state index is -0.0518. The van der Waals surface area contributed by atoms with E-state index in [0.717, 1.165) is 25.9 Å². The molecule has 1 aromatic rings. The number of hydrogen-bond donors (Lipinski definition) is 3. The van der Waals surface area contributed by atoms with Gasteiger partial charge in [0, 0.05) is 10.9 Å². The molecular weight excluding hydrogens is 240 g/mol. The van der Waals surface area contributed by atoms with E-state index in [1.54, 1.807) is 12.1 Å². The Bertz CT molecular complexity index is 417. The Balaban J connectivity index is 2.04. The van der Waals surface area contributed by atoms with Crippen molar-refractivity contribution >= 4 is 23.2 Å². The Labute approximate surface area is 105 Å². The third-order valence-corrected chi connectivity index (χ3v) is 3.16. The molecule has 4 nitrogen and oxygen atoms in total. The van der Waals surface area contributed by atoms with Gasteiger partial charge in [0.15, 0.2) is 0 Å². The molecule has 1 fully saturated rings. The standard InChI is InChI=1S/C12H15ClN2O2/c13-9-1-2-11(16)10(7-9)15-12(17)8-3-5-14-6-4-8/h1-2,7-8,14,16H,3-6H2,(H,15,17). The number of phenolic OH excluding ortho intramolecular Hbond substituents is 1. The molecule has 0 bridgehead atoms. The molecule has 0 aliphatic carbocycles. The average molecular weight is 255 g/mol. The van der Waals surface area contributed by atoms with Crippen LogP contribution in [-0.4, -0.2) is 24.1 Å². The number of aromatic hydroxyl groups is 1. The molecule has 0 atom stereocenters. The van der Waals surface area contributed by atoms with Gasteiger partial charge in [-0.05, 0) is 44.1 Å². The molecule has 0 spiro atoms. The summed E-state index contributed by atoms with van der Waals surface area (Å²) >= 11 is 5.81. The van der Waals surface area contributed by atoms with Gasteiger partial charge < -0.3 is 15.7 Å². The number of hydrogen-bond acceptors (Lipinski definition) is 3. The molecule has 1 heterocycles. The highest BCUT2D eigenvalue weighted by Gasteiger charge is 2.21. The van der Waals surface area contributed by atoms with Crippen LogP contribution >= 0.6 is 11.6 Å². The van der Waals surface area contributed by atoms with Gasteiger partial charge in [-0.1, -0.05) is 11.6 Å². The van der Waals surface area contributed by atoms with Crippen molar-refractivity contribution in [2.24, 2.45) is 5.92 Å². The molecule has 0 unspecified atom stereocenters. The van der Waals surface area contributed by atoms with E-state index >= 15 is 0 Å². The molecule has 0 saturated carbocycles. The third-order valence-electron chi connectivity index (χ3n) is 2.93. The highest BCUT2D eigenvalue weighted by molar-refractivity contribution is 6.31. The summed E-state index contributed by atoms with van der Waals surface area (Å²) in [6.45, 7) is 1.72. The molecule has 0 aromatic heterocycles. The number of rotatable bonds is 2. The van der Waals surface area contributed by atoms with Crippen LogP contribution in [0.3, 0.4) is 0 Å². The Hall–Kier alpha value is -1.26. The summed E-state index contributed by atoms with van der Waals surface area (Å²) in [5, 5.41) is 16.0. The number of carbonyl (C=O) groups is 1. The van der Waals surface area contributed by atoms with Gasteiger partial charge in [-0.3, -0.25) is 4.79 Å². The van der Waals surface area contributed by atoms with Crippen molar-refractivity contribution in [3.05, 3.63) is 23.2 Å². The molecule has 1 amide bonds. The average Bonchev–Trinajstić information content (AvgIpc) is 2.35. The summed E-state index contributed by atoms with van der Waals surface area (Å²) in [5.74, 6) is -0.00428. The lowest BCUT2D eigenvalue weighted by Gasteiger charge is -2.22. The third kappa shape index (κ3) is 3.11. The van der Waals surface area contributed by atoms with Gasteiger partial charge in [0.25, 0.3) is 0 Å². The van der Waals surface area contributed by atoms with E-state index in [2.05, 4.69) is 10.6 Å². The van der Waals surface area contributed by atoms with Gasteiger partial charge >= 0.3 is 0 Å². The lowest BCUT2D eigenvalue weighted by atomic mass is 9.97. The minimum Gasteiger partial charge on any atom is -0.506 e. The van der Waals surface area contributed by atoms with E-state index < -0.39 is 0 Å². The zero-order valence-electron chi connectivity index (χ0n) is 9.37. The van der Waals surface area contributed by atoms with Gasteiger partial charge in [-0.15, -0.1) is 0 Å². The summed E-state index contributed by atoms with van der Waals surface area (Å²) in [7, 11) is 0. The topological polar surface area (TPSA) is 61.4 Å². The van der Waals surface area contributed by atoms with E-state index in [4.69, 9.17) is 11.6 Å². The van der Waals surface area contributed by atoms with Gasteiger partial charge in [0.05, 0.1) is 5.69 Å². The SMILES string of the molecule is O=C(Nc1cc(Cl)ccc1O)C1CCNCC1. The fourth-order valence-electron chi connectivity index (χ4n) is 1.93. The quantitative estimate of drug-likeness (QED) is 0.708. The van der Waals surface area contributed by atoms with Crippen molar-refractivity contribution in [1.82, 2.24) is 5.32 Å². The Morgan fingerprint density at radius 2 is 2.12 bits per heavy atom.